The number of carbonyl (C=O) groups excluding carboxylic acids is 3. The summed E-state index contributed by atoms with van der Waals surface area (Å²) in [4.78, 5) is 62.5. The van der Waals surface area contributed by atoms with Gasteiger partial charge in [0.15, 0.2) is 0 Å². The molecule has 0 bridgehead atoms. The number of non-ortho nitro benzene ring substituents is 1. The number of thioether (sulfide) groups is 1. The highest BCUT2D eigenvalue weighted by atomic mass is 32.2. The summed E-state index contributed by atoms with van der Waals surface area (Å²) in [7, 11) is 0. The van der Waals surface area contributed by atoms with Gasteiger partial charge >= 0.3 is 5.69 Å². The maximum absolute atomic E-state index is 13.1. The number of carbonyl (C=O) groups is 3. The maximum Gasteiger partial charge on any atom is 0.318 e. The number of nitro groups is 2. The van der Waals surface area contributed by atoms with Crippen molar-refractivity contribution < 1.29 is 33.7 Å². The van der Waals surface area contributed by atoms with E-state index in [9.17, 15) is 34.6 Å². The first-order chi connectivity index (χ1) is 20.7. The van der Waals surface area contributed by atoms with Crippen LogP contribution in [0.15, 0.2) is 71.6 Å². The second-order valence-corrected chi connectivity index (χ2v) is 10.3. The minimum absolute atomic E-state index is 0.0741. The lowest BCUT2D eigenvalue weighted by Crippen LogP contribution is -2.38. The number of imide groups is 1. The molecule has 15 heteroatoms. The Hall–Kier alpha value is -5.28. The van der Waals surface area contributed by atoms with Crippen molar-refractivity contribution in [3.05, 3.63) is 97.4 Å². The number of nitrogens with one attached hydrogen (secondary N) is 1. The lowest BCUT2D eigenvalue weighted by Gasteiger charge is -2.30. The molecule has 43 heavy (non-hydrogen) atoms. The Balaban J connectivity index is 1.27. The zero-order chi connectivity index (χ0) is 30.5. The minimum atomic E-state index is -0.792. The first-order valence-corrected chi connectivity index (χ1v) is 13.7. The molecule has 3 aromatic rings. The summed E-state index contributed by atoms with van der Waals surface area (Å²) in [5.41, 5.74) is 0.762. The second-order valence-electron chi connectivity index (χ2n) is 9.27. The van der Waals surface area contributed by atoms with Crippen molar-refractivity contribution in [2.45, 2.75) is 0 Å². The van der Waals surface area contributed by atoms with Gasteiger partial charge < -0.3 is 19.7 Å². The lowest BCUT2D eigenvalue weighted by atomic mass is 10.2. The van der Waals surface area contributed by atoms with Gasteiger partial charge in [-0.1, -0.05) is 24.3 Å². The van der Waals surface area contributed by atoms with Crippen LogP contribution >= 0.6 is 11.8 Å². The van der Waals surface area contributed by atoms with Gasteiger partial charge in [0.2, 0.25) is 11.7 Å². The SMILES string of the molecule is O=C(CN1C(=O)S/C(=C/c2cccc(Oc3ccc([N+](=O)[O-])cc3[N+](=O)[O-])c2)C1=O)Nc1ccccc1N1CCOCC1. The fourth-order valence-corrected chi connectivity index (χ4v) is 5.26. The predicted octanol–water partition coefficient (Wildman–Crippen LogP) is 4.81. The van der Waals surface area contributed by atoms with Crippen LogP contribution < -0.4 is 15.0 Å². The molecule has 0 aliphatic carbocycles. The third-order valence-electron chi connectivity index (χ3n) is 6.44. The Morgan fingerprint density at radius 1 is 1.00 bits per heavy atom. The molecule has 5 rings (SSSR count). The van der Waals surface area contributed by atoms with Crippen molar-refractivity contribution in [1.29, 1.82) is 0 Å². The van der Waals surface area contributed by atoms with E-state index in [0.717, 1.165) is 28.8 Å². The highest BCUT2D eigenvalue weighted by Crippen LogP contribution is 2.36. The summed E-state index contributed by atoms with van der Waals surface area (Å²) in [6, 6.07) is 16.4. The number of morpholine rings is 1. The monoisotopic (exact) mass is 605 g/mol. The zero-order valence-corrected chi connectivity index (χ0v) is 23.2. The first kappa shape index (κ1) is 29.2. The highest BCUT2D eigenvalue weighted by Gasteiger charge is 2.36. The molecule has 2 saturated heterocycles. The molecule has 0 radical (unpaired) electrons. The van der Waals surface area contributed by atoms with Crippen molar-refractivity contribution in [2.75, 3.05) is 43.1 Å². The maximum atomic E-state index is 13.1. The summed E-state index contributed by atoms with van der Waals surface area (Å²) in [6.07, 6.45) is 1.44. The number of amides is 3. The summed E-state index contributed by atoms with van der Waals surface area (Å²) < 4.78 is 11.0. The van der Waals surface area contributed by atoms with Crippen molar-refractivity contribution in [3.8, 4) is 11.5 Å². The summed E-state index contributed by atoms with van der Waals surface area (Å²) in [5.74, 6) is -1.24. The van der Waals surface area contributed by atoms with E-state index < -0.39 is 44.8 Å². The second kappa shape index (κ2) is 12.7. The van der Waals surface area contributed by atoms with Gasteiger partial charge in [0.05, 0.1) is 45.4 Å². The average Bonchev–Trinajstić information content (AvgIpc) is 3.25. The van der Waals surface area contributed by atoms with Gasteiger partial charge in [0.25, 0.3) is 16.8 Å². The van der Waals surface area contributed by atoms with Gasteiger partial charge in [-0.3, -0.25) is 39.5 Å². The number of ether oxygens (including phenoxy) is 2. The molecule has 2 heterocycles. The standard InChI is InChI=1S/C28H23N5O9S/c34-26(29-21-6-1-2-7-22(21)30-10-12-41-13-11-30)17-31-27(35)25(43-28(31)36)15-18-4-3-5-20(14-18)42-24-9-8-19(32(37)38)16-23(24)33(39)40/h1-9,14-16H,10-13,17H2,(H,29,34)/b25-15+. The van der Waals surface area contributed by atoms with Crippen LogP contribution in [0.25, 0.3) is 6.08 Å². The van der Waals surface area contributed by atoms with E-state index >= 15 is 0 Å². The highest BCUT2D eigenvalue weighted by molar-refractivity contribution is 8.18. The van der Waals surface area contributed by atoms with Crippen LogP contribution in [0.2, 0.25) is 0 Å². The van der Waals surface area contributed by atoms with Gasteiger partial charge in [0, 0.05) is 19.2 Å². The molecule has 0 atom stereocenters. The molecule has 0 aromatic heterocycles. The number of nitrogens with zero attached hydrogens (tertiary/aromatic N) is 4. The van der Waals surface area contributed by atoms with Gasteiger partial charge in [-0.15, -0.1) is 0 Å². The van der Waals surface area contributed by atoms with Crippen molar-refractivity contribution in [3.63, 3.8) is 0 Å². The molecular formula is C28H23N5O9S. The number of rotatable bonds is 9. The van der Waals surface area contributed by atoms with Crippen LogP contribution in [-0.4, -0.2) is 64.6 Å². The van der Waals surface area contributed by atoms with E-state index in [1.54, 1.807) is 24.3 Å². The molecule has 14 nitrogen and oxygen atoms in total. The van der Waals surface area contributed by atoms with Crippen LogP contribution in [0.5, 0.6) is 11.5 Å². The fraction of sp³-hybridized carbons (Fsp3) is 0.179. The Bertz CT molecular complexity index is 1660. The number of hydrogen-bond acceptors (Lipinski definition) is 11. The molecular weight excluding hydrogens is 582 g/mol. The van der Waals surface area contributed by atoms with E-state index in [4.69, 9.17) is 9.47 Å². The third kappa shape index (κ3) is 6.79. The topological polar surface area (TPSA) is 174 Å². The van der Waals surface area contributed by atoms with E-state index in [1.165, 1.54) is 18.2 Å². The zero-order valence-electron chi connectivity index (χ0n) is 22.3. The Kier molecular flexibility index (Phi) is 8.64. The number of para-hydroxylation sites is 2. The normalized spacial score (nSPS) is 16.0. The van der Waals surface area contributed by atoms with Gasteiger partial charge in [-0.05, 0) is 53.7 Å². The van der Waals surface area contributed by atoms with Crippen LogP contribution in [0.4, 0.5) is 27.5 Å². The summed E-state index contributed by atoms with van der Waals surface area (Å²) in [6.45, 7) is 1.98. The number of anilines is 2. The van der Waals surface area contributed by atoms with Crippen molar-refractivity contribution >= 4 is 57.6 Å². The van der Waals surface area contributed by atoms with E-state index in [0.29, 0.717) is 49.3 Å². The van der Waals surface area contributed by atoms with E-state index in [2.05, 4.69) is 10.2 Å². The average molecular weight is 606 g/mol. The minimum Gasteiger partial charge on any atom is -0.450 e. The van der Waals surface area contributed by atoms with Crippen LogP contribution in [0, 0.1) is 20.2 Å². The largest absolute Gasteiger partial charge is 0.450 e. The van der Waals surface area contributed by atoms with Gasteiger partial charge in [-0.25, -0.2) is 0 Å². The summed E-state index contributed by atoms with van der Waals surface area (Å²) >= 11 is 0.674. The molecule has 2 aliphatic heterocycles. The Morgan fingerprint density at radius 2 is 1.77 bits per heavy atom. The van der Waals surface area contributed by atoms with Crippen molar-refractivity contribution in [1.82, 2.24) is 4.90 Å². The molecule has 220 valence electrons. The molecule has 3 aromatic carbocycles. The molecule has 3 amide bonds. The van der Waals surface area contributed by atoms with Crippen LogP contribution in [-0.2, 0) is 14.3 Å². The molecule has 2 fully saturated rings. The molecule has 2 aliphatic rings. The fourth-order valence-electron chi connectivity index (χ4n) is 4.42. The van der Waals surface area contributed by atoms with E-state index in [1.807, 2.05) is 12.1 Å². The first-order valence-electron chi connectivity index (χ1n) is 12.9. The molecule has 0 saturated carbocycles. The molecule has 1 N–H and O–H groups in total. The molecule has 0 unspecified atom stereocenters. The van der Waals surface area contributed by atoms with Crippen LogP contribution in [0.3, 0.4) is 0 Å². The third-order valence-corrected chi connectivity index (χ3v) is 7.35. The Labute approximate surface area is 248 Å². The van der Waals surface area contributed by atoms with Gasteiger partial charge in [-0.2, -0.15) is 0 Å². The number of hydrogen-bond donors (Lipinski definition) is 1. The smallest absolute Gasteiger partial charge is 0.318 e. The predicted molar refractivity (Wildman–Crippen MR) is 157 cm³/mol. The number of nitro benzene ring substituents is 2. The van der Waals surface area contributed by atoms with Gasteiger partial charge in [0.1, 0.15) is 12.3 Å². The quantitative estimate of drug-likeness (QED) is 0.201. The lowest BCUT2D eigenvalue weighted by molar-refractivity contribution is -0.394. The molecule has 0 spiro atoms. The van der Waals surface area contributed by atoms with E-state index in [-0.39, 0.29) is 16.4 Å². The number of benzene rings is 3. The van der Waals surface area contributed by atoms with Crippen molar-refractivity contribution in [2.24, 2.45) is 0 Å². The summed E-state index contributed by atoms with van der Waals surface area (Å²) in [5, 5.41) is 24.6. The Morgan fingerprint density at radius 3 is 2.51 bits per heavy atom. The van der Waals surface area contributed by atoms with Crippen LogP contribution in [0.1, 0.15) is 5.56 Å².